The molecule has 3 aromatic rings. The first-order valence-electron chi connectivity index (χ1n) is 8.38. The van der Waals surface area contributed by atoms with Gasteiger partial charge in [0.2, 0.25) is 0 Å². The van der Waals surface area contributed by atoms with Crippen molar-refractivity contribution in [3.8, 4) is 0 Å². The summed E-state index contributed by atoms with van der Waals surface area (Å²) in [6, 6.07) is 14.5. The highest BCUT2D eigenvalue weighted by molar-refractivity contribution is 6.31. The third-order valence-electron chi connectivity index (χ3n) is 4.96. The van der Waals surface area contributed by atoms with E-state index in [0.717, 1.165) is 46.8 Å². The minimum Gasteiger partial charge on any atom is -0.359 e. The number of rotatable bonds is 3. The molecule has 0 bridgehead atoms. The van der Waals surface area contributed by atoms with Gasteiger partial charge in [0.15, 0.2) is 0 Å². The van der Waals surface area contributed by atoms with Crippen LogP contribution in [0.1, 0.15) is 17.5 Å². The van der Waals surface area contributed by atoms with Crippen molar-refractivity contribution in [1.82, 2.24) is 10.3 Å². The molecule has 25 heavy (non-hydrogen) atoms. The number of pyridine rings is 1. The van der Waals surface area contributed by atoms with E-state index >= 15 is 0 Å². The lowest BCUT2D eigenvalue weighted by molar-refractivity contribution is 0.537. The summed E-state index contributed by atoms with van der Waals surface area (Å²) >= 11 is 6.35. The SMILES string of the molecule is Cc1c(Cl)cccc1[C@@]1(Nc2ccc3cc(F)ccc3n2)CCNC1. The summed E-state index contributed by atoms with van der Waals surface area (Å²) < 4.78 is 13.4. The van der Waals surface area contributed by atoms with Crippen molar-refractivity contribution in [2.45, 2.75) is 18.9 Å². The van der Waals surface area contributed by atoms with Gasteiger partial charge in [-0.05, 0) is 67.4 Å². The predicted octanol–water partition coefficient (Wildman–Crippen LogP) is 4.64. The molecule has 3 nitrogen and oxygen atoms in total. The Morgan fingerprint density at radius 1 is 1.20 bits per heavy atom. The number of nitrogens with one attached hydrogen (secondary N) is 2. The third-order valence-corrected chi connectivity index (χ3v) is 5.37. The second kappa shape index (κ2) is 6.28. The molecule has 128 valence electrons. The summed E-state index contributed by atoms with van der Waals surface area (Å²) in [6.45, 7) is 3.78. The highest BCUT2D eigenvalue weighted by atomic mass is 35.5. The Morgan fingerprint density at radius 2 is 2.08 bits per heavy atom. The van der Waals surface area contributed by atoms with Crippen molar-refractivity contribution >= 4 is 28.3 Å². The van der Waals surface area contributed by atoms with Crippen LogP contribution in [0.15, 0.2) is 48.5 Å². The Morgan fingerprint density at radius 3 is 2.88 bits per heavy atom. The van der Waals surface area contributed by atoms with Crippen molar-refractivity contribution in [2.24, 2.45) is 0 Å². The standard InChI is InChI=1S/C20H19ClFN3/c1-13-16(3-2-4-17(13)21)20(9-10-23-12-20)25-19-8-5-14-11-15(22)6-7-18(14)24-19/h2-8,11,23H,9-10,12H2,1H3,(H,24,25)/t20-/m1/s1. The Labute approximate surface area is 151 Å². The Hall–Kier alpha value is -2.17. The molecule has 0 radical (unpaired) electrons. The van der Waals surface area contributed by atoms with Crippen molar-refractivity contribution < 1.29 is 4.39 Å². The zero-order valence-electron chi connectivity index (χ0n) is 13.9. The maximum atomic E-state index is 13.4. The first kappa shape index (κ1) is 16.3. The van der Waals surface area contributed by atoms with E-state index in [-0.39, 0.29) is 11.4 Å². The first-order valence-corrected chi connectivity index (χ1v) is 8.76. The summed E-state index contributed by atoms with van der Waals surface area (Å²) in [7, 11) is 0. The van der Waals surface area contributed by atoms with Crippen molar-refractivity contribution in [1.29, 1.82) is 0 Å². The second-order valence-electron chi connectivity index (χ2n) is 6.58. The lowest BCUT2D eigenvalue weighted by atomic mass is 9.86. The van der Waals surface area contributed by atoms with Crippen LogP contribution < -0.4 is 10.6 Å². The van der Waals surface area contributed by atoms with Crippen LogP contribution in [-0.4, -0.2) is 18.1 Å². The largest absolute Gasteiger partial charge is 0.359 e. The average molecular weight is 356 g/mol. The molecule has 1 aromatic heterocycles. The minimum absolute atomic E-state index is 0.249. The van der Waals surface area contributed by atoms with Gasteiger partial charge in [-0.3, -0.25) is 0 Å². The number of anilines is 1. The van der Waals surface area contributed by atoms with Crippen molar-refractivity contribution in [2.75, 3.05) is 18.4 Å². The number of benzene rings is 2. The summed E-state index contributed by atoms with van der Waals surface area (Å²) in [5.41, 5.74) is 2.79. The highest BCUT2D eigenvalue weighted by Crippen LogP contribution is 2.36. The summed E-state index contributed by atoms with van der Waals surface area (Å²) in [6.07, 6.45) is 0.942. The molecule has 0 saturated carbocycles. The maximum absolute atomic E-state index is 13.4. The van der Waals surface area contributed by atoms with Crippen LogP contribution >= 0.6 is 11.6 Å². The lowest BCUT2D eigenvalue weighted by Crippen LogP contribution is -2.38. The molecule has 2 heterocycles. The minimum atomic E-state index is -0.254. The van der Waals surface area contributed by atoms with Crippen LogP contribution in [0.2, 0.25) is 5.02 Å². The second-order valence-corrected chi connectivity index (χ2v) is 6.99. The van der Waals surface area contributed by atoms with E-state index in [1.54, 1.807) is 6.07 Å². The number of halogens is 2. The molecular formula is C20H19ClFN3. The quantitative estimate of drug-likeness (QED) is 0.718. The molecule has 4 rings (SSSR count). The van der Waals surface area contributed by atoms with Crippen LogP contribution in [0, 0.1) is 12.7 Å². The number of hydrogen-bond acceptors (Lipinski definition) is 3. The van der Waals surface area contributed by atoms with Gasteiger partial charge in [0.05, 0.1) is 11.1 Å². The molecule has 1 aliphatic rings. The van der Waals surface area contributed by atoms with Crippen LogP contribution in [0.25, 0.3) is 10.9 Å². The first-order chi connectivity index (χ1) is 12.1. The zero-order valence-corrected chi connectivity index (χ0v) is 14.7. The number of hydrogen-bond donors (Lipinski definition) is 2. The molecule has 0 spiro atoms. The third kappa shape index (κ3) is 2.96. The normalized spacial score (nSPS) is 20.1. The zero-order chi connectivity index (χ0) is 17.4. The molecule has 1 fully saturated rings. The fourth-order valence-electron chi connectivity index (χ4n) is 3.63. The van der Waals surface area contributed by atoms with Gasteiger partial charge in [0.25, 0.3) is 0 Å². The van der Waals surface area contributed by atoms with Crippen LogP contribution in [-0.2, 0) is 5.54 Å². The fraction of sp³-hybridized carbons (Fsp3) is 0.250. The van der Waals surface area contributed by atoms with Crippen LogP contribution in [0.3, 0.4) is 0 Å². The smallest absolute Gasteiger partial charge is 0.127 e. The monoisotopic (exact) mass is 355 g/mol. The number of nitrogens with zero attached hydrogens (tertiary/aromatic N) is 1. The molecule has 2 N–H and O–H groups in total. The molecule has 0 unspecified atom stereocenters. The van der Waals surface area contributed by atoms with Crippen LogP contribution in [0.5, 0.6) is 0 Å². The molecule has 1 aliphatic heterocycles. The van der Waals surface area contributed by atoms with Gasteiger partial charge in [-0.2, -0.15) is 0 Å². The van der Waals surface area contributed by atoms with Gasteiger partial charge in [-0.15, -0.1) is 0 Å². The lowest BCUT2D eigenvalue weighted by Gasteiger charge is -2.32. The molecule has 0 amide bonds. The summed E-state index contributed by atoms with van der Waals surface area (Å²) in [4.78, 5) is 4.66. The average Bonchev–Trinajstić information content (AvgIpc) is 3.07. The van der Waals surface area contributed by atoms with Gasteiger partial charge >= 0.3 is 0 Å². The predicted molar refractivity (Wildman–Crippen MR) is 101 cm³/mol. The summed E-state index contributed by atoms with van der Waals surface area (Å²) in [5.74, 6) is 0.531. The topological polar surface area (TPSA) is 37.0 Å². The molecule has 2 aromatic carbocycles. The van der Waals surface area contributed by atoms with E-state index in [9.17, 15) is 4.39 Å². The van der Waals surface area contributed by atoms with Crippen molar-refractivity contribution in [3.05, 3.63) is 70.5 Å². The highest BCUT2D eigenvalue weighted by Gasteiger charge is 2.37. The Kier molecular flexibility index (Phi) is 4.10. The van der Waals surface area contributed by atoms with Gasteiger partial charge in [0.1, 0.15) is 11.6 Å². The maximum Gasteiger partial charge on any atom is 0.127 e. The molecule has 0 aliphatic carbocycles. The van der Waals surface area contributed by atoms with E-state index in [4.69, 9.17) is 11.6 Å². The van der Waals surface area contributed by atoms with E-state index in [2.05, 4.69) is 28.6 Å². The van der Waals surface area contributed by atoms with Gasteiger partial charge in [0, 0.05) is 17.0 Å². The van der Waals surface area contributed by atoms with E-state index in [0.29, 0.717) is 0 Å². The Balaban J connectivity index is 1.75. The molecule has 1 saturated heterocycles. The van der Waals surface area contributed by atoms with Gasteiger partial charge in [-0.1, -0.05) is 23.7 Å². The van der Waals surface area contributed by atoms with Crippen molar-refractivity contribution in [3.63, 3.8) is 0 Å². The summed E-state index contributed by atoms with van der Waals surface area (Å²) in [5, 5.41) is 8.63. The van der Waals surface area contributed by atoms with Crippen LogP contribution in [0.4, 0.5) is 10.2 Å². The molecular weight excluding hydrogens is 337 g/mol. The van der Waals surface area contributed by atoms with Gasteiger partial charge < -0.3 is 10.6 Å². The fourth-order valence-corrected chi connectivity index (χ4v) is 3.81. The number of aromatic nitrogens is 1. The van der Waals surface area contributed by atoms with E-state index in [1.165, 1.54) is 17.7 Å². The molecule has 5 heteroatoms. The number of fused-ring (bicyclic) bond motifs is 1. The Bertz CT molecular complexity index is 935. The molecule has 1 atom stereocenters. The van der Waals surface area contributed by atoms with E-state index < -0.39 is 0 Å². The van der Waals surface area contributed by atoms with Gasteiger partial charge in [-0.25, -0.2) is 9.37 Å². The van der Waals surface area contributed by atoms with E-state index in [1.807, 2.05) is 24.3 Å².